The Morgan fingerprint density at radius 3 is 3.04 bits per heavy atom. The number of hydrogen-bond donors (Lipinski definition) is 0. The average molecular weight is 378 g/mol. The number of aromatic nitrogens is 2. The highest BCUT2D eigenvalue weighted by molar-refractivity contribution is 5.95. The van der Waals surface area contributed by atoms with E-state index in [4.69, 9.17) is 9.72 Å². The number of benzene rings is 1. The van der Waals surface area contributed by atoms with Gasteiger partial charge in [-0.15, -0.1) is 0 Å². The Morgan fingerprint density at radius 2 is 2.14 bits per heavy atom. The Kier molecular flexibility index (Phi) is 4.31. The second kappa shape index (κ2) is 6.85. The summed E-state index contributed by atoms with van der Waals surface area (Å²) in [6.07, 6.45) is 5.87. The third-order valence-electron chi connectivity index (χ3n) is 6.10. The van der Waals surface area contributed by atoms with Gasteiger partial charge in [-0.3, -0.25) is 4.79 Å². The van der Waals surface area contributed by atoms with E-state index in [9.17, 15) is 4.79 Å². The molecule has 28 heavy (non-hydrogen) atoms. The second-order valence-corrected chi connectivity index (χ2v) is 8.30. The summed E-state index contributed by atoms with van der Waals surface area (Å²) >= 11 is 0. The van der Waals surface area contributed by atoms with Gasteiger partial charge in [0.1, 0.15) is 11.9 Å². The Balaban J connectivity index is 1.40. The van der Waals surface area contributed by atoms with Gasteiger partial charge in [0.2, 0.25) is 0 Å². The molecular weight excluding hydrogens is 352 g/mol. The van der Waals surface area contributed by atoms with Crippen molar-refractivity contribution in [3.63, 3.8) is 0 Å². The largest absolute Gasteiger partial charge is 0.490 e. The molecule has 2 aromatic rings. The van der Waals surface area contributed by atoms with Crippen molar-refractivity contribution in [1.82, 2.24) is 19.8 Å². The first-order chi connectivity index (χ1) is 13.6. The number of rotatable bonds is 2. The monoisotopic (exact) mass is 378 g/mol. The Bertz CT molecular complexity index is 929. The fourth-order valence-corrected chi connectivity index (χ4v) is 4.63. The molecule has 0 saturated carbocycles. The van der Waals surface area contributed by atoms with Gasteiger partial charge < -0.3 is 14.5 Å². The number of carbonyl (C=O) groups excluding carboxylic acids is 1. The molecule has 0 bridgehead atoms. The summed E-state index contributed by atoms with van der Waals surface area (Å²) in [6.45, 7) is 4.74. The van der Waals surface area contributed by atoms with Crippen LogP contribution in [0.2, 0.25) is 0 Å². The molecule has 1 aromatic heterocycles. The molecule has 0 aliphatic carbocycles. The van der Waals surface area contributed by atoms with Gasteiger partial charge in [-0.2, -0.15) is 0 Å². The van der Waals surface area contributed by atoms with Crippen molar-refractivity contribution in [1.29, 1.82) is 0 Å². The maximum atomic E-state index is 13.3. The summed E-state index contributed by atoms with van der Waals surface area (Å²) in [5.74, 6) is 1.78. The molecule has 0 spiro atoms. The van der Waals surface area contributed by atoms with Crippen LogP contribution in [0.4, 0.5) is 0 Å². The highest BCUT2D eigenvalue weighted by atomic mass is 16.5. The molecule has 3 aliphatic rings. The maximum Gasteiger partial charge on any atom is 0.254 e. The normalized spacial score (nSPS) is 24.0. The Hall–Kier alpha value is -2.47. The third kappa shape index (κ3) is 3.05. The zero-order valence-corrected chi connectivity index (χ0v) is 16.5. The SMILES string of the molecule is C[C@@H]1Cc2cc(C(=O)N3CCC[C@@H]3c3ncc4c(n3)CCN(C)C4)ccc2O1. The van der Waals surface area contributed by atoms with Crippen molar-refractivity contribution in [3.05, 3.63) is 52.6 Å². The van der Waals surface area contributed by atoms with Crippen molar-refractivity contribution >= 4 is 5.91 Å². The Morgan fingerprint density at radius 1 is 1.25 bits per heavy atom. The number of nitrogens with zero attached hydrogens (tertiary/aromatic N) is 4. The van der Waals surface area contributed by atoms with Crippen LogP contribution in [0.25, 0.3) is 0 Å². The van der Waals surface area contributed by atoms with Crippen molar-refractivity contribution in [2.75, 3.05) is 20.1 Å². The van der Waals surface area contributed by atoms with Crippen LogP contribution in [-0.2, 0) is 19.4 Å². The van der Waals surface area contributed by atoms with Crippen LogP contribution in [0.1, 0.15) is 58.8 Å². The average Bonchev–Trinajstić information content (AvgIpc) is 3.32. The molecule has 4 heterocycles. The van der Waals surface area contributed by atoms with E-state index in [2.05, 4.69) is 23.9 Å². The van der Waals surface area contributed by atoms with Crippen molar-refractivity contribution < 1.29 is 9.53 Å². The van der Waals surface area contributed by atoms with E-state index in [1.807, 2.05) is 29.3 Å². The molecule has 1 amide bonds. The first-order valence-corrected chi connectivity index (χ1v) is 10.2. The van der Waals surface area contributed by atoms with E-state index in [0.717, 1.165) is 73.7 Å². The van der Waals surface area contributed by atoms with Crippen LogP contribution in [0.5, 0.6) is 5.75 Å². The first-order valence-electron chi connectivity index (χ1n) is 10.2. The minimum Gasteiger partial charge on any atom is -0.490 e. The van der Waals surface area contributed by atoms with Crippen molar-refractivity contribution in [2.45, 2.75) is 51.3 Å². The molecule has 2 atom stereocenters. The fourth-order valence-electron chi connectivity index (χ4n) is 4.63. The molecule has 5 rings (SSSR count). The van der Waals surface area contributed by atoms with Crippen molar-refractivity contribution in [2.24, 2.45) is 0 Å². The minimum absolute atomic E-state index is 0.0270. The van der Waals surface area contributed by atoms with Crippen LogP contribution in [-0.4, -0.2) is 51.9 Å². The van der Waals surface area contributed by atoms with Crippen molar-refractivity contribution in [3.8, 4) is 5.75 Å². The number of likely N-dealkylation sites (N-methyl/N-ethyl adjacent to an activating group) is 1. The highest BCUT2D eigenvalue weighted by Crippen LogP contribution is 2.34. The lowest BCUT2D eigenvalue weighted by molar-refractivity contribution is 0.0729. The maximum absolute atomic E-state index is 13.3. The van der Waals surface area contributed by atoms with Gasteiger partial charge in [-0.1, -0.05) is 0 Å². The number of likely N-dealkylation sites (tertiary alicyclic amines) is 1. The van der Waals surface area contributed by atoms with Gasteiger partial charge >= 0.3 is 0 Å². The standard InChI is InChI=1S/C22H26N4O2/c1-14-10-16-11-15(5-6-20(16)28-14)22(27)26-8-3-4-19(26)21-23-12-17-13-25(2)9-7-18(17)24-21/h5-6,11-12,14,19H,3-4,7-10,13H2,1-2H3/t14-,19-/m1/s1. The van der Waals surface area contributed by atoms with Gasteiger partial charge in [0.05, 0.1) is 6.04 Å². The summed E-state index contributed by atoms with van der Waals surface area (Å²) in [7, 11) is 2.12. The molecule has 0 unspecified atom stereocenters. The summed E-state index contributed by atoms with van der Waals surface area (Å²) in [6, 6.07) is 5.79. The third-order valence-corrected chi connectivity index (χ3v) is 6.10. The topological polar surface area (TPSA) is 58.6 Å². The molecule has 1 saturated heterocycles. The van der Waals surface area contributed by atoms with E-state index in [1.54, 1.807) is 0 Å². The van der Waals surface area contributed by atoms with Crippen LogP contribution in [0, 0.1) is 0 Å². The molecule has 0 N–H and O–H groups in total. The van der Waals surface area contributed by atoms with Gasteiger partial charge in [-0.25, -0.2) is 9.97 Å². The molecule has 146 valence electrons. The van der Waals surface area contributed by atoms with Crippen LogP contribution >= 0.6 is 0 Å². The quantitative estimate of drug-likeness (QED) is 0.804. The smallest absolute Gasteiger partial charge is 0.254 e. The lowest BCUT2D eigenvalue weighted by atomic mass is 10.1. The van der Waals surface area contributed by atoms with Gasteiger partial charge in [-0.05, 0) is 50.6 Å². The van der Waals surface area contributed by atoms with E-state index >= 15 is 0 Å². The van der Waals surface area contributed by atoms with E-state index in [1.165, 1.54) is 5.56 Å². The molecule has 6 nitrogen and oxygen atoms in total. The summed E-state index contributed by atoms with van der Waals surface area (Å²) < 4.78 is 5.77. The van der Waals surface area contributed by atoms with Gasteiger partial charge in [0.15, 0.2) is 5.82 Å². The zero-order valence-electron chi connectivity index (χ0n) is 16.5. The first kappa shape index (κ1) is 17.6. The molecule has 0 radical (unpaired) electrons. The van der Waals surface area contributed by atoms with Crippen LogP contribution < -0.4 is 4.74 Å². The van der Waals surface area contributed by atoms with Gasteiger partial charge in [0.25, 0.3) is 5.91 Å². The zero-order chi connectivity index (χ0) is 19.3. The summed E-state index contributed by atoms with van der Waals surface area (Å²) in [4.78, 5) is 27.0. The molecule has 1 fully saturated rings. The van der Waals surface area contributed by atoms with Crippen LogP contribution in [0.15, 0.2) is 24.4 Å². The molecular formula is C22H26N4O2. The summed E-state index contributed by atoms with van der Waals surface area (Å²) in [5.41, 5.74) is 4.22. The van der Waals surface area contributed by atoms with E-state index in [0.29, 0.717) is 0 Å². The number of fused-ring (bicyclic) bond motifs is 2. The Labute approximate surface area is 165 Å². The molecule has 6 heteroatoms. The predicted octanol–water partition coefficient (Wildman–Crippen LogP) is 2.77. The van der Waals surface area contributed by atoms with Crippen LogP contribution in [0.3, 0.4) is 0 Å². The number of hydrogen-bond acceptors (Lipinski definition) is 5. The molecule has 3 aliphatic heterocycles. The fraction of sp³-hybridized carbons (Fsp3) is 0.500. The lowest BCUT2D eigenvalue weighted by Gasteiger charge is -2.27. The number of amides is 1. The number of carbonyl (C=O) groups is 1. The lowest BCUT2D eigenvalue weighted by Crippen LogP contribution is -2.33. The van der Waals surface area contributed by atoms with E-state index in [-0.39, 0.29) is 18.1 Å². The highest BCUT2D eigenvalue weighted by Gasteiger charge is 2.34. The van der Waals surface area contributed by atoms with Gasteiger partial charge in [0, 0.05) is 55.5 Å². The van der Waals surface area contributed by atoms with E-state index < -0.39 is 0 Å². The molecule has 1 aromatic carbocycles. The summed E-state index contributed by atoms with van der Waals surface area (Å²) in [5, 5.41) is 0. The number of ether oxygens (including phenoxy) is 1. The predicted molar refractivity (Wildman–Crippen MR) is 105 cm³/mol. The minimum atomic E-state index is -0.0270. The second-order valence-electron chi connectivity index (χ2n) is 8.30.